The highest BCUT2D eigenvalue weighted by Gasteiger charge is 2.16. The van der Waals surface area contributed by atoms with Crippen molar-refractivity contribution in [3.63, 3.8) is 0 Å². The topological polar surface area (TPSA) is 67.0 Å². The van der Waals surface area contributed by atoms with Crippen molar-refractivity contribution in [3.05, 3.63) is 28.2 Å². The number of halogens is 1. The van der Waals surface area contributed by atoms with Gasteiger partial charge in [0.1, 0.15) is 4.90 Å². The average molecular weight is 264 g/mol. The van der Waals surface area contributed by atoms with Gasteiger partial charge in [-0.2, -0.15) is 0 Å². The van der Waals surface area contributed by atoms with E-state index in [-0.39, 0.29) is 10.6 Å². The summed E-state index contributed by atoms with van der Waals surface area (Å²) in [6, 6.07) is 1.43. The van der Waals surface area contributed by atoms with E-state index >= 15 is 0 Å². The van der Waals surface area contributed by atoms with Gasteiger partial charge in [0, 0.05) is 12.1 Å². The molecule has 1 aromatic rings. The lowest BCUT2D eigenvalue weighted by molar-refractivity contribution is 0.595. The highest BCUT2D eigenvalue weighted by molar-refractivity contribution is 7.91. The number of rotatable bonds is 5. The Hall–Kier alpha value is -0.810. The molecule has 90 valence electrons. The fourth-order valence-electron chi connectivity index (χ4n) is 1.31. The first kappa shape index (κ1) is 13.3. The third kappa shape index (κ3) is 3.09. The molecule has 0 aliphatic rings. The van der Waals surface area contributed by atoms with Crippen LogP contribution >= 0.6 is 11.6 Å². The summed E-state index contributed by atoms with van der Waals surface area (Å²) in [6.07, 6.45) is 2.94. The van der Waals surface area contributed by atoms with Gasteiger partial charge in [0.05, 0.1) is 5.75 Å². The van der Waals surface area contributed by atoms with Gasteiger partial charge in [0.2, 0.25) is 0 Å². The van der Waals surface area contributed by atoms with Crippen LogP contribution in [-0.2, 0) is 16.3 Å². The Labute approximate surface area is 99.6 Å². The molecular formula is C10H14ClNO3S. The molecule has 0 saturated heterocycles. The number of aromatic nitrogens is 1. The zero-order valence-corrected chi connectivity index (χ0v) is 10.6. The molecule has 4 nitrogen and oxygen atoms in total. The summed E-state index contributed by atoms with van der Waals surface area (Å²) in [6.45, 7) is 1.51. The standard InChI is InChI=1S/C10H14ClNO3S/c1-2-16(14,15)9-6-8(4-3-5-11)7-12-10(9)13/h6-7H,2-5H2,1H3,(H,12,13). The van der Waals surface area contributed by atoms with Crippen molar-refractivity contribution in [1.29, 1.82) is 0 Å². The molecule has 1 aromatic heterocycles. The van der Waals surface area contributed by atoms with E-state index < -0.39 is 15.4 Å². The van der Waals surface area contributed by atoms with Gasteiger partial charge in [0.15, 0.2) is 9.84 Å². The SMILES string of the molecule is CCS(=O)(=O)c1cc(CCCCl)c[nH]c1=O. The Bertz CT molecular complexity index is 507. The van der Waals surface area contributed by atoms with E-state index in [1.165, 1.54) is 19.2 Å². The number of hydrogen-bond donors (Lipinski definition) is 1. The summed E-state index contributed by atoms with van der Waals surface area (Å²) in [5, 5.41) is 0. The third-order valence-electron chi connectivity index (χ3n) is 2.24. The molecule has 0 bridgehead atoms. The monoisotopic (exact) mass is 263 g/mol. The van der Waals surface area contributed by atoms with Crippen molar-refractivity contribution in [3.8, 4) is 0 Å². The number of alkyl halides is 1. The Morgan fingerprint density at radius 2 is 2.12 bits per heavy atom. The molecule has 0 aromatic carbocycles. The van der Waals surface area contributed by atoms with Crippen LogP contribution in [-0.4, -0.2) is 25.0 Å². The molecule has 0 radical (unpaired) electrons. The molecule has 0 fully saturated rings. The predicted molar refractivity (Wildman–Crippen MR) is 63.8 cm³/mol. The van der Waals surface area contributed by atoms with Crippen molar-refractivity contribution in [1.82, 2.24) is 4.98 Å². The summed E-state index contributed by atoms with van der Waals surface area (Å²) >= 11 is 5.55. The van der Waals surface area contributed by atoms with Crippen molar-refractivity contribution in [2.75, 3.05) is 11.6 Å². The smallest absolute Gasteiger partial charge is 0.266 e. The van der Waals surface area contributed by atoms with E-state index in [0.29, 0.717) is 12.3 Å². The van der Waals surface area contributed by atoms with Gasteiger partial charge in [-0.3, -0.25) is 4.79 Å². The van der Waals surface area contributed by atoms with Crippen LogP contribution < -0.4 is 5.56 Å². The van der Waals surface area contributed by atoms with Gasteiger partial charge < -0.3 is 4.98 Å². The summed E-state index contributed by atoms with van der Waals surface area (Å²) in [5.74, 6) is 0.435. The number of H-pyrrole nitrogens is 1. The molecule has 0 saturated carbocycles. The number of sulfone groups is 1. The molecule has 0 amide bonds. The highest BCUT2D eigenvalue weighted by atomic mass is 35.5. The third-order valence-corrected chi connectivity index (χ3v) is 4.24. The Kier molecular flexibility index (Phi) is 4.56. The second-order valence-electron chi connectivity index (χ2n) is 3.40. The van der Waals surface area contributed by atoms with Crippen LogP contribution in [0.4, 0.5) is 0 Å². The van der Waals surface area contributed by atoms with E-state index in [0.717, 1.165) is 12.0 Å². The van der Waals surface area contributed by atoms with Crippen LogP contribution in [0.1, 0.15) is 18.9 Å². The fraction of sp³-hybridized carbons (Fsp3) is 0.500. The minimum atomic E-state index is -3.45. The lowest BCUT2D eigenvalue weighted by Crippen LogP contribution is -2.19. The first-order valence-electron chi connectivity index (χ1n) is 5.01. The fourth-order valence-corrected chi connectivity index (χ4v) is 2.42. The molecule has 6 heteroatoms. The Morgan fingerprint density at radius 3 is 2.69 bits per heavy atom. The number of aryl methyl sites for hydroxylation is 1. The van der Waals surface area contributed by atoms with Crippen LogP contribution in [0.3, 0.4) is 0 Å². The maximum atomic E-state index is 11.6. The van der Waals surface area contributed by atoms with E-state index in [9.17, 15) is 13.2 Å². The van der Waals surface area contributed by atoms with E-state index in [2.05, 4.69) is 4.98 Å². The molecular weight excluding hydrogens is 250 g/mol. The average Bonchev–Trinajstić information content (AvgIpc) is 2.27. The summed E-state index contributed by atoms with van der Waals surface area (Å²) in [5.41, 5.74) is 0.226. The minimum Gasteiger partial charge on any atom is -0.328 e. The van der Waals surface area contributed by atoms with Gasteiger partial charge in [-0.25, -0.2) is 8.42 Å². The van der Waals surface area contributed by atoms with Crippen LogP contribution in [0.25, 0.3) is 0 Å². The second-order valence-corrected chi connectivity index (χ2v) is 6.02. The zero-order chi connectivity index (χ0) is 12.2. The second kappa shape index (κ2) is 5.50. The normalized spacial score (nSPS) is 11.6. The van der Waals surface area contributed by atoms with Crippen molar-refractivity contribution < 1.29 is 8.42 Å². The van der Waals surface area contributed by atoms with Gasteiger partial charge in [-0.15, -0.1) is 11.6 Å². The van der Waals surface area contributed by atoms with Crippen molar-refractivity contribution >= 4 is 21.4 Å². The Morgan fingerprint density at radius 1 is 1.44 bits per heavy atom. The van der Waals surface area contributed by atoms with Gasteiger partial charge in [0.25, 0.3) is 5.56 Å². The lowest BCUT2D eigenvalue weighted by atomic mass is 10.2. The molecule has 0 spiro atoms. The molecule has 1 rings (SSSR count). The number of nitrogens with one attached hydrogen (secondary N) is 1. The summed E-state index contributed by atoms with van der Waals surface area (Å²) in [4.78, 5) is 13.7. The first-order valence-corrected chi connectivity index (χ1v) is 7.20. The van der Waals surface area contributed by atoms with Crippen LogP contribution in [0.15, 0.2) is 22.0 Å². The maximum absolute atomic E-state index is 11.6. The molecule has 0 atom stereocenters. The van der Waals surface area contributed by atoms with Gasteiger partial charge >= 0.3 is 0 Å². The molecule has 16 heavy (non-hydrogen) atoms. The minimum absolute atomic E-state index is 0.0744. The molecule has 0 unspecified atom stereocenters. The van der Waals surface area contributed by atoms with Crippen LogP contribution in [0.5, 0.6) is 0 Å². The zero-order valence-electron chi connectivity index (χ0n) is 8.99. The number of hydrogen-bond acceptors (Lipinski definition) is 3. The van der Waals surface area contributed by atoms with Crippen molar-refractivity contribution in [2.45, 2.75) is 24.7 Å². The largest absolute Gasteiger partial charge is 0.328 e. The molecule has 0 aliphatic heterocycles. The van der Waals surface area contributed by atoms with Crippen LogP contribution in [0.2, 0.25) is 0 Å². The van der Waals surface area contributed by atoms with Gasteiger partial charge in [-0.1, -0.05) is 6.92 Å². The van der Waals surface area contributed by atoms with Gasteiger partial charge in [-0.05, 0) is 24.5 Å². The maximum Gasteiger partial charge on any atom is 0.266 e. The quantitative estimate of drug-likeness (QED) is 0.816. The highest BCUT2D eigenvalue weighted by Crippen LogP contribution is 2.09. The summed E-state index contributed by atoms with van der Waals surface area (Å²) in [7, 11) is -3.45. The lowest BCUT2D eigenvalue weighted by Gasteiger charge is -2.03. The molecule has 1 N–H and O–H groups in total. The molecule has 1 heterocycles. The Balaban J connectivity index is 3.14. The van der Waals surface area contributed by atoms with Crippen molar-refractivity contribution in [2.24, 2.45) is 0 Å². The van der Waals surface area contributed by atoms with E-state index in [4.69, 9.17) is 11.6 Å². The van der Waals surface area contributed by atoms with Crippen LogP contribution in [0, 0.1) is 0 Å². The first-order chi connectivity index (χ1) is 7.51. The van der Waals surface area contributed by atoms with E-state index in [1.807, 2.05) is 0 Å². The summed E-state index contributed by atoms with van der Waals surface area (Å²) < 4.78 is 23.2. The predicted octanol–water partition coefficient (Wildman–Crippen LogP) is 1.34. The number of pyridine rings is 1. The van der Waals surface area contributed by atoms with E-state index in [1.54, 1.807) is 0 Å². The molecule has 0 aliphatic carbocycles. The number of aromatic amines is 1.